The molecular weight excluding hydrogens is 258 g/mol. The van der Waals surface area contributed by atoms with E-state index in [1.54, 1.807) is 0 Å². The summed E-state index contributed by atoms with van der Waals surface area (Å²) in [4.78, 5) is 7.23. The van der Waals surface area contributed by atoms with E-state index in [1.807, 2.05) is 0 Å². The minimum Gasteiger partial charge on any atom is -0.387 e. The Bertz CT molecular complexity index is 570. The molecule has 3 heteroatoms. The van der Waals surface area contributed by atoms with Crippen LogP contribution in [0.2, 0.25) is 0 Å². The Morgan fingerprint density at radius 1 is 1.10 bits per heavy atom. The van der Waals surface area contributed by atoms with Gasteiger partial charge in [-0.15, -0.1) is 0 Å². The van der Waals surface area contributed by atoms with Crippen molar-refractivity contribution < 1.29 is 0 Å². The van der Waals surface area contributed by atoms with Crippen LogP contribution in [0.1, 0.15) is 50.5 Å². The maximum atomic E-state index is 6.22. The Morgan fingerprint density at radius 2 is 1.86 bits per heavy atom. The fourth-order valence-corrected chi connectivity index (χ4v) is 4.31. The van der Waals surface area contributed by atoms with Gasteiger partial charge < -0.3 is 10.6 Å². The quantitative estimate of drug-likeness (QED) is 0.851. The summed E-state index contributed by atoms with van der Waals surface area (Å²) in [5.41, 5.74) is 10.1. The number of nitrogens with zero attached hydrogens (tertiary/aromatic N) is 2. The van der Waals surface area contributed by atoms with Crippen LogP contribution in [0.3, 0.4) is 0 Å². The van der Waals surface area contributed by atoms with Crippen LogP contribution in [0.25, 0.3) is 0 Å². The van der Waals surface area contributed by atoms with Crippen molar-refractivity contribution in [2.75, 3.05) is 18.0 Å². The fraction of sp³-hybridized carbons (Fsp3) is 0.611. The van der Waals surface area contributed by atoms with Crippen molar-refractivity contribution in [2.24, 2.45) is 22.6 Å². The molecule has 1 aliphatic carbocycles. The highest BCUT2D eigenvalue weighted by atomic mass is 15.1. The summed E-state index contributed by atoms with van der Waals surface area (Å²) in [7, 11) is 0. The first-order valence-corrected chi connectivity index (χ1v) is 8.45. The Kier molecular flexibility index (Phi) is 3.16. The van der Waals surface area contributed by atoms with Gasteiger partial charge in [0.15, 0.2) is 0 Å². The van der Waals surface area contributed by atoms with E-state index in [1.165, 1.54) is 56.4 Å². The number of aliphatic imine (C=N–C) groups is 1. The third kappa shape index (κ3) is 2.23. The molecule has 1 aromatic carbocycles. The molecule has 1 saturated heterocycles. The van der Waals surface area contributed by atoms with Gasteiger partial charge in [0.25, 0.3) is 0 Å². The Balaban J connectivity index is 1.65. The number of rotatable bonds is 1. The molecule has 3 nitrogen and oxygen atoms in total. The van der Waals surface area contributed by atoms with E-state index in [0.29, 0.717) is 11.8 Å². The van der Waals surface area contributed by atoms with E-state index in [-0.39, 0.29) is 0 Å². The fourth-order valence-electron chi connectivity index (χ4n) is 4.31. The molecule has 2 aliphatic heterocycles. The lowest BCUT2D eigenvalue weighted by Gasteiger charge is -2.33. The third-order valence-electron chi connectivity index (χ3n) is 5.71. The van der Waals surface area contributed by atoms with Crippen LogP contribution in [0, 0.1) is 11.8 Å². The highest BCUT2D eigenvalue weighted by Crippen LogP contribution is 2.47. The molecule has 2 heterocycles. The van der Waals surface area contributed by atoms with Gasteiger partial charge in [0.05, 0.1) is 5.69 Å². The van der Waals surface area contributed by atoms with Crippen LogP contribution in [0.5, 0.6) is 0 Å². The summed E-state index contributed by atoms with van der Waals surface area (Å²) < 4.78 is 0. The number of hydrogen-bond acceptors (Lipinski definition) is 3. The molecule has 3 aliphatic rings. The van der Waals surface area contributed by atoms with Gasteiger partial charge in [-0.05, 0) is 55.2 Å². The van der Waals surface area contributed by atoms with E-state index in [9.17, 15) is 0 Å². The van der Waals surface area contributed by atoms with E-state index < -0.39 is 0 Å². The first-order valence-electron chi connectivity index (χ1n) is 8.45. The predicted molar refractivity (Wildman–Crippen MR) is 88.4 cm³/mol. The lowest BCUT2D eigenvalue weighted by Crippen LogP contribution is -2.33. The molecule has 0 amide bonds. The lowest BCUT2D eigenvalue weighted by molar-refractivity contribution is 0.438. The largest absolute Gasteiger partial charge is 0.387 e. The van der Waals surface area contributed by atoms with Gasteiger partial charge in [0.2, 0.25) is 0 Å². The molecule has 0 bridgehead atoms. The van der Waals surface area contributed by atoms with Gasteiger partial charge in [-0.1, -0.05) is 19.4 Å². The third-order valence-corrected chi connectivity index (χ3v) is 5.71. The number of anilines is 1. The molecule has 2 atom stereocenters. The summed E-state index contributed by atoms with van der Waals surface area (Å²) in [5, 5.41) is 0. The average Bonchev–Trinajstić information content (AvgIpc) is 2.98. The highest BCUT2D eigenvalue weighted by Gasteiger charge is 2.35. The van der Waals surface area contributed by atoms with Crippen molar-refractivity contribution in [3.63, 3.8) is 0 Å². The summed E-state index contributed by atoms with van der Waals surface area (Å²) >= 11 is 0. The second-order valence-electron chi connectivity index (χ2n) is 7.09. The highest BCUT2D eigenvalue weighted by molar-refractivity contribution is 5.89. The number of benzene rings is 1. The molecule has 2 unspecified atom stereocenters. The summed E-state index contributed by atoms with van der Waals surface area (Å²) in [6, 6.07) is 6.90. The van der Waals surface area contributed by atoms with Gasteiger partial charge in [-0.2, -0.15) is 0 Å². The Hall–Kier alpha value is -1.51. The Morgan fingerprint density at radius 3 is 2.67 bits per heavy atom. The molecule has 0 radical (unpaired) electrons. The standard InChI is InChI=1S/C18H25N3/c1-12-7-9-21(10-8-12)13-5-6-15-14-3-2-4-16(14)18(19)20-17(15)11-13/h5-6,11-12,14,16H,2-4,7-10H2,1H3,(H2,19,20). The van der Waals surface area contributed by atoms with Gasteiger partial charge in [-0.3, -0.25) is 0 Å². The molecule has 0 aromatic heterocycles. The number of amidine groups is 1. The van der Waals surface area contributed by atoms with Crippen LogP contribution in [0.15, 0.2) is 23.2 Å². The van der Waals surface area contributed by atoms with E-state index in [4.69, 9.17) is 10.7 Å². The maximum Gasteiger partial charge on any atom is 0.103 e. The summed E-state index contributed by atoms with van der Waals surface area (Å²) in [6.07, 6.45) is 6.37. The molecule has 2 N–H and O–H groups in total. The van der Waals surface area contributed by atoms with Crippen LogP contribution < -0.4 is 10.6 Å². The summed E-state index contributed by atoms with van der Waals surface area (Å²) in [6.45, 7) is 4.70. The van der Waals surface area contributed by atoms with Gasteiger partial charge in [0.1, 0.15) is 5.84 Å². The van der Waals surface area contributed by atoms with E-state index >= 15 is 0 Å². The zero-order valence-electron chi connectivity index (χ0n) is 12.9. The van der Waals surface area contributed by atoms with Crippen molar-refractivity contribution in [3.05, 3.63) is 23.8 Å². The number of nitrogens with two attached hydrogens (primary N) is 1. The van der Waals surface area contributed by atoms with Gasteiger partial charge in [-0.25, -0.2) is 4.99 Å². The van der Waals surface area contributed by atoms with Crippen molar-refractivity contribution in [3.8, 4) is 0 Å². The second kappa shape index (κ2) is 5.04. The normalized spacial score (nSPS) is 29.0. The molecule has 0 spiro atoms. The monoisotopic (exact) mass is 283 g/mol. The second-order valence-corrected chi connectivity index (χ2v) is 7.09. The van der Waals surface area contributed by atoms with Gasteiger partial charge >= 0.3 is 0 Å². The van der Waals surface area contributed by atoms with Crippen LogP contribution in [-0.2, 0) is 0 Å². The first-order chi connectivity index (χ1) is 10.2. The SMILES string of the molecule is CC1CCN(c2ccc3c(c2)N=C(N)C2CCCC32)CC1. The van der Waals surface area contributed by atoms with Crippen LogP contribution in [-0.4, -0.2) is 18.9 Å². The Labute approximate surface area is 127 Å². The van der Waals surface area contributed by atoms with Crippen molar-refractivity contribution >= 4 is 17.2 Å². The molecule has 4 rings (SSSR count). The molecule has 21 heavy (non-hydrogen) atoms. The predicted octanol–water partition coefficient (Wildman–Crippen LogP) is 3.81. The maximum absolute atomic E-state index is 6.22. The van der Waals surface area contributed by atoms with Crippen molar-refractivity contribution in [1.29, 1.82) is 0 Å². The first kappa shape index (κ1) is 13.2. The number of hydrogen-bond donors (Lipinski definition) is 1. The number of fused-ring (bicyclic) bond motifs is 3. The van der Waals surface area contributed by atoms with Crippen LogP contribution in [0.4, 0.5) is 11.4 Å². The van der Waals surface area contributed by atoms with Crippen LogP contribution >= 0.6 is 0 Å². The minimum absolute atomic E-state index is 0.499. The minimum atomic E-state index is 0.499. The molecule has 1 saturated carbocycles. The molecule has 2 fully saturated rings. The zero-order chi connectivity index (χ0) is 14.4. The van der Waals surface area contributed by atoms with Gasteiger partial charge in [0, 0.05) is 24.7 Å². The zero-order valence-corrected chi connectivity index (χ0v) is 12.9. The molecular formula is C18H25N3. The van der Waals surface area contributed by atoms with E-state index in [0.717, 1.165) is 17.4 Å². The molecule has 112 valence electrons. The number of piperidine rings is 1. The average molecular weight is 283 g/mol. The van der Waals surface area contributed by atoms with Crippen molar-refractivity contribution in [1.82, 2.24) is 0 Å². The smallest absolute Gasteiger partial charge is 0.103 e. The topological polar surface area (TPSA) is 41.6 Å². The van der Waals surface area contributed by atoms with Crippen molar-refractivity contribution in [2.45, 2.75) is 44.9 Å². The van der Waals surface area contributed by atoms with E-state index in [2.05, 4.69) is 30.0 Å². The summed E-state index contributed by atoms with van der Waals surface area (Å²) in [5.74, 6) is 2.85. The molecule has 1 aromatic rings. The lowest BCUT2D eigenvalue weighted by atomic mass is 9.84.